The lowest BCUT2D eigenvalue weighted by Gasteiger charge is -2.10. The van der Waals surface area contributed by atoms with Gasteiger partial charge in [-0.3, -0.25) is 4.79 Å². The maximum Gasteiger partial charge on any atom is 0.312 e. The van der Waals surface area contributed by atoms with Gasteiger partial charge >= 0.3 is 5.97 Å². The van der Waals surface area contributed by atoms with Crippen LogP contribution in [0, 0.1) is 11.2 Å². The number of carboxylic acids is 1. The summed E-state index contributed by atoms with van der Waals surface area (Å²) in [5.41, 5.74) is 4.52. The minimum atomic E-state index is -3.89. The molecule has 0 spiro atoms. The number of rotatable bonds is 5. The van der Waals surface area contributed by atoms with Crippen molar-refractivity contribution < 1.29 is 22.7 Å². The van der Waals surface area contributed by atoms with Crippen LogP contribution in [0.3, 0.4) is 0 Å². The van der Waals surface area contributed by atoms with Gasteiger partial charge < -0.3 is 10.8 Å². The third-order valence-corrected chi connectivity index (χ3v) is 6.92. The Balaban J connectivity index is 2.11. The standard InChI is InChI=1S/C17H16FNO4S/c18-12-8-6-11(7-9-12)14-15(17(14,10-19)16(20)21)24(22,23)13-4-2-1-3-5-13/h1-9,14-15H,10,19H2,(H,20,21). The number of hydrogen-bond donors (Lipinski definition) is 2. The number of hydrogen-bond acceptors (Lipinski definition) is 4. The summed E-state index contributed by atoms with van der Waals surface area (Å²) < 4.78 is 39.0. The molecule has 5 nitrogen and oxygen atoms in total. The van der Waals surface area contributed by atoms with E-state index >= 15 is 0 Å². The first kappa shape index (κ1) is 16.6. The average Bonchev–Trinajstić information content (AvgIpc) is 3.28. The zero-order chi connectivity index (χ0) is 17.5. The fourth-order valence-electron chi connectivity index (χ4n) is 3.35. The van der Waals surface area contributed by atoms with Gasteiger partial charge in [0.25, 0.3) is 0 Å². The first-order valence-electron chi connectivity index (χ1n) is 7.33. The maximum atomic E-state index is 13.1. The number of halogens is 1. The fourth-order valence-corrected chi connectivity index (χ4v) is 5.75. The summed E-state index contributed by atoms with van der Waals surface area (Å²) in [6, 6.07) is 12.9. The van der Waals surface area contributed by atoms with Crippen LogP contribution in [0.4, 0.5) is 4.39 Å². The number of nitrogens with two attached hydrogens (primary N) is 1. The van der Waals surface area contributed by atoms with Crippen LogP contribution >= 0.6 is 0 Å². The number of carbonyl (C=O) groups is 1. The second-order valence-corrected chi connectivity index (χ2v) is 7.93. The summed E-state index contributed by atoms with van der Waals surface area (Å²) in [6.07, 6.45) is 0. The summed E-state index contributed by atoms with van der Waals surface area (Å²) >= 11 is 0. The highest BCUT2D eigenvalue weighted by Crippen LogP contribution is 2.63. The van der Waals surface area contributed by atoms with Crippen molar-refractivity contribution in [2.24, 2.45) is 11.1 Å². The largest absolute Gasteiger partial charge is 0.481 e. The molecule has 0 heterocycles. The van der Waals surface area contributed by atoms with Crippen LogP contribution in [0.1, 0.15) is 11.5 Å². The highest BCUT2D eigenvalue weighted by atomic mass is 32.2. The normalized spacial score (nSPS) is 26.1. The molecule has 1 aliphatic rings. The Bertz CT molecular complexity index is 867. The minimum Gasteiger partial charge on any atom is -0.481 e. The van der Waals surface area contributed by atoms with Gasteiger partial charge in [0, 0.05) is 12.5 Å². The second-order valence-electron chi connectivity index (χ2n) is 5.86. The molecule has 3 atom stereocenters. The zero-order valence-corrected chi connectivity index (χ0v) is 13.4. The topological polar surface area (TPSA) is 97.5 Å². The molecule has 2 aromatic rings. The Kier molecular flexibility index (Phi) is 3.93. The third-order valence-electron chi connectivity index (χ3n) is 4.63. The molecule has 0 radical (unpaired) electrons. The van der Waals surface area contributed by atoms with E-state index in [4.69, 9.17) is 5.73 Å². The van der Waals surface area contributed by atoms with Crippen LogP contribution in [0.25, 0.3) is 0 Å². The molecule has 24 heavy (non-hydrogen) atoms. The van der Waals surface area contributed by atoms with Crippen LogP contribution in [0.15, 0.2) is 59.5 Å². The Morgan fingerprint density at radius 3 is 2.21 bits per heavy atom. The first-order chi connectivity index (χ1) is 11.4. The second kappa shape index (κ2) is 5.68. The van der Waals surface area contributed by atoms with E-state index in [1.165, 1.54) is 36.4 Å². The van der Waals surface area contributed by atoms with Crippen LogP contribution in [-0.2, 0) is 14.6 Å². The van der Waals surface area contributed by atoms with Gasteiger partial charge in [-0.2, -0.15) is 0 Å². The highest BCUT2D eigenvalue weighted by molar-refractivity contribution is 7.92. The molecule has 0 saturated heterocycles. The van der Waals surface area contributed by atoms with Gasteiger partial charge in [0.15, 0.2) is 9.84 Å². The lowest BCUT2D eigenvalue weighted by Crippen LogP contribution is -2.31. The molecule has 0 bridgehead atoms. The summed E-state index contributed by atoms with van der Waals surface area (Å²) in [5.74, 6) is -2.55. The van der Waals surface area contributed by atoms with Crippen LogP contribution < -0.4 is 5.73 Å². The lowest BCUT2D eigenvalue weighted by molar-refractivity contribution is -0.143. The quantitative estimate of drug-likeness (QED) is 0.858. The van der Waals surface area contributed by atoms with Crippen molar-refractivity contribution in [2.45, 2.75) is 16.1 Å². The van der Waals surface area contributed by atoms with Crippen molar-refractivity contribution in [2.75, 3.05) is 6.54 Å². The minimum absolute atomic E-state index is 0.0543. The smallest absolute Gasteiger partial charge is 0.312 e. The molecular weight excluding hydrogens is 333 g/mol. The average molecular weight is 349 g/mol. The SMILES string of the molecule is NCC1(C(=O)O)C(c2ccc(F)cc2)C1S(=O)(=O)c1ccccc1. The monoisotopic (exact) mass is 349 g/mol. The molecule has 0 aromatic heterocycles. The van der Waals surface area contributed by atoms with Crippen molar-refractivity contribution in [3.8, 4) is 0 Å². The number of aliphatic carboxylic acids is 1. The van der Waals surface area contributed by atoms with E-state index in [-0.39, 0.29) is 11.4 Å². The molecule has 0 amide bonds. The van der Waals surface area contributed by atoms with Gasteiger partial charge in [-0.25, -0.2) is 12.8 Å². The van der Waals surface area contributed by atoms with E-state index in [9.17, 15) is 22.7 Å². The van der Waals surface area contributed by atoms with Gasteiger partial charge in [-0.15, -0.1) is 0 Å². The van der Waals surface area contributed by atoms with E-state index < -0.39 is 38.2 Å². The summed E-state index contributed by atoms with van der Waals surface area (Å²) in [4.78, 5) is 11.9. The number of sulfone groups is 1. The predicted molar refractivity (Wildman–Crippen MR) is 85.7 cm³/mol. The maximum absolute atomic E-state index is 13.1. The van der Waals surface area contributed by atoms with Crippen LogP contribution in [0.5, 0.6) is 0 Å². The molecule has 3 unspecified atom stereocenters. The third kappa shape index (κ3) is 2.32. The van der Waals surface area contributed by atoms with Crippen molar-refractivity contribution in [3.63, 3.8) is 0 Å². The molecule has 0 aliphatic heterocycles. The molecule has 1 saturated carbocycles. The Labute approximate surface area is 138 Å². The fraction of sp³-hybridized carbons (Fsp3) is 0.235. The Hall–Kier alpha value is -2.25. The molecule has 126 valence electrons. The Morgan fingerprint density at radius 1 is 1.12 bits per heavy atom. The summed E-state index contributed by atoms with van der Waals surface area (Å²) in [5, 5.41) is 8.47. The van der Waals surface area contributed by atoms with Crippen LogP contribution in [-0.4, -0.2) is 31.3 Å². The van der Waals surface area contributed by atoms with Gasteiger partial charge in [-0.1, -0.05) is 30.3 Å². The molecule has 2 aromatic carbocycles. The van der Waals surface area contributed by atoms with E-state index in [2.05, 4.69) is 0 Å². The van der Waals surface area contributed by atoms with E-state index in [0.29, 0.717) is 5.56 Å². The van der Waals surface area contributed by atoms with Crippen molar-refractivity contribution >= 4 is 15.8 Å². The molecule has 1 fully saturated rings. The summed E-state index contributed by atoms with van der Waals surface area (Å²) in [7, 11) is -3.89. The molecule has 7 heteroatoms. The van der Waals surface area contributed by atoms with Gasteiger partial charge in [0.1, 0.15) is 11.2 Å². The van der Waals surface area contributed by atoms with Crippen molar-refractivity contribution in [3.05, 3.63) is 66.0 Å². The van der Waals surface area contributed by atoms with Gasteiger partial charge in [0.05, 0.1) is 10.1 Å². The molecule has 3 N–H and O–H groups in total. The van der Waals surface area contributed by atoms with Crippen molar-refractivity contribution in [1.29, 1.82) is 0 Å². The van der Waals surface area contributed by atoms with E-state index in [0.717, 1.165) is 0 Å². The predicted octanol–water partition coefficient (Wildman–Crippen LogP) is 1.80. The van der Waals surface area contributed by atoms with E-state index in [1.54, 1.807) is 18.2 Å². The highest BCUT2D eigenvalue weighted by Gasteiger charge is 2.75. The van der Waals surface area contributed by atoms with Crippen molar-refractivity contribution in [1.82, 2.24) is 0 Å². The molecular formula is C17H16FNO4S. The van der Waals surface area contributed by atoms with Gasteiger partial charge in [-0.05, 0) is 29.8 Å². The first-order valence-corrected chi connectivity index (χ1v) is 8.88. The molecule has 3 rings (SSSR count). The zero-order valence-electron chi connectivity index (χ0n) is 12.6. The van der Waals surface area contributed by atoms with Gasteiger partial charge in [0.2, 0.25) is 0 Å². The Morgan fingerprint density at radius 2 is 1.71 bits per heavy atom. The number of carboxylic acid groups (broad SMARTS) is 1. The van der Waals surface area contributed by atoms with Crippen LogP contribution in [0.2, 0.25) is 0 Å². The molecule has 1 aliphatic carbocycles. The number of benzene rings is 2. The summed E-state index contributed by atoms with van der Waals surface area (Å²) in [6.45, 7) is -0.318. The lowest BCUT2D eigenvalue weighted by atomic mass is 9.99. The van der Waals surface area contributed by atoms with E-state index in [1.807, 2.05) is 0 Å².